The molecule has 1 aliphatic heterocycles. The molecular weight excluding hydrogens is 316 g/mol. The van der Waals surface area contributed by atoms with E-state index in [1.807, 2.05) is 18.2 Å². The van der Waals surface area contributed by atoms with Gasteiger partial charge in [0.15, 0.2) is 11.5 Å². The van der Waals surface area contributed by atoms with E-state index in [2.05, 4.69) is 20.0 Å². The van der Waals surface area contributed by atoms with Crippen LogP contribution in [0.4, 0.5) is 0 Å². The summed E-state index contributed by atoms with van der Waals surface area (Å²) >= 11 is 0. The Morgan fingerprint density at radius 1 is 1.05 bits per heavy atom. The smallest absolute Gasteiger partial charge is 0 e. The van der Waals surface area contributed by atoms with Crippen LogP contribution in [0, 0.1) is 20.0 Å². The Hall–Kier alpha value is -1.73. The fraction of sp³-hybridized carbons (Fsp3) is 0.214. The third-order valence-electron chi connectivity index (χ3n) is 2.01. The van der Waals surface area contributed by atoms with Crippen molar-refractivity contribution in [2.24, 2.45) is 0 Å². The van der Waals surface area contributed by atoms with Gasteiger partial charge in [0.25, 0.3) is 0 Å². The first-order valence-corrected chi connectivity index (χ1v) is 5.17. The van der Waals surface area contributed by atoms with E-state index in [-0.39, 0.29) is 23.5 Å². The Labute approximate surface area is 133 Å². The van der Waals surface area contributed by atoms with Gasteiger partial charge >= 0.3 is 33.9 Å². The Morgan fingerprint density at radius 3 is 2.10 bits per heavy atom. The molecule has 1 heterocycles. The molecule has 0 aromatic heterocycles. The second kappa shape index (κ2) is 16.3. The number of fused-ring (bicyclic) bond motifs is 1. The van der Waals surface area contributed by atoms with Gasteiger partial charge in [-0.15, -0.1) is 0 Å². The second-order valence-electron chi connectivity index (χ2n) is 3.31. The Morgan fingerprint density at radius 2 is 1.57 bits per heavy atom. The molecule has 0 amide bonds. The molecule has 21 heavy (non-hydrogen) atoms. The zero-order chi connectivity index (χ0) is 16.0. The average Bonchev–Trinajstić information content (AvgIpc) is 2.53. The van der Waals surface area contributed by atoms with E-state index in [9.17, 15) is 5.11 Å². The van der Waals surface area contributed by atoms with Crippen LogP contribution in [0.25, 0.3) is 0 Å². The van der Waals surface area contributed by atoms with Gasteiger partial charge in [0.2, 0.25) is 0 Å². The summed E-state index contributed by atoms with van der Waals surface area (Å²) < 4.78 is 33.1. The predicted molar refractivity (Wildman–Crippen MR) is 64.0 cm³/mol. The van der Waals surface area contributed by atoms with Crippen LogP contribution in [0.1, 0.15) is 12.5 Å². The van der Waals surface area contributed by atoms with E-state index < -0.39 is 0 Å². The number of benzene rings is 1. The van der Waals surface area contributed by atoms with Crippen LogP contribution in [0.5, 0.6) is 11.5 Å². The van der Waals surface area contributed by atoms with E-state index in [4.69, 9.17) is 23.4 Å². The molecule has 6 nitrogen and oxygen atoms in total. The fourth-order valence-corrected chi connectivity index (χ4v) is 1.46. The van der Waals surface area contributed by atoms with E-state index in [1.54, 1.807) is 6.92 Å². The van der Waals surface area contributed by atoms with Gasteiger partial charge in [-0.1, -0.05) is 12.1 Å². The number of para-hydroxylation sites is 1. The Kier molecular flexibility index (Phi) is 18.9. The average molecular weight is 328 g/mol. The van der Waals surface area contributed by atoms with Gasteiger partial charge in [-0.3, -0.25) is 0 Å². The van der Waals surface area contributed by atoms with E-state index in [0.29, 0.717) is 17.9 Å². The topological polar surface area (TPSA) is 98.4 Å². The van der Waals surface area contributed by atoms with Gasteiger partial charge < -0.3 is 14.6 Å². The molecular formula is C14H12CrO6. The van der Waals surface area contributed by atoms with Crippen molar-refractivity contribution in [2.75, 3.05) is 0 Å². The standard InChI is InChI=1S/C11H12O3.3CO.Cr/c1-8(12)7-9-3-2-4-10-11(9)14-6-5-13-10;3*1-2;/h2-6,8,12H,7H2,1H3;;;;. The van der Waals surface area contributed by atoms with Gasteiger partial charge in [0.1, 0.15) is 12.5 Å². The van der Waals surface area contributed by atoms with Crippen molar-refractivity contribution in [3.63, 3.8) is 0 Å². The van der Waals surface area contributed by atoms with E-state index >= 15 is 0 Å². The number of ether oxygens (including phenoxy) is 2. The van der Waals surface area contributed by atoms with Gasteiger partial charge in [-0.25, -0.2) is 0 Å². The third kappa shape index (κ3) is 8.93. The maximum Gasteiger partial charge on any atom is 0 e. The molecule has 110 valence electrons. The first-order chi connectivity index (χ1) is 9.77. The van der Waals surface area contributed by atoms with Crippen molar-refractivity contribution in [2.45, 2.75) is 19.4 Å². The Bertz CT molecular complexity index is 462. The summed E-state index contributed by atoms with van der Waals surface area (Å²) in [7, 11) is 0. The van der Waals surface area contributed by atoms with Crippen molar-refractivity contribution in [3.8, 4) is 11.5 Å². The van der Waals surface area contributed by atoms with Crippen molar-refractivity contribution in [1.82, 2.24) is 0 Å². The Balaban J connectivity index is -0.000000414. The van der Waals surface area contributed by atoms with E-state index in [0.717, 1.165) is 5.56 Å². The number of hydrogen-bond acceptors (Lipinski definition) is 3. The van der Waals surface area contributed by atoms with Gasteiger partial charge in [-0.2, -0.15) is 0 Å². The quantitative estimate of drug-likeness (QED) is 0.661. The van der Waals surface area contributed by atoms with Crippen molar-refractivity contribution < 1.29 is 45.9 Å². The van der Waals surface area contributed by atoms with Crippen LogP contribution in [0.2, 0.25) is 0 Å². The van der Waals surface area contributed by atoms with Gasteiger partial charge in [0, 0.05) is 29.3 Å². The molecule has 0 bridgehead atoms. The normalized spacial score (nSPS) is 10.5. The monoisotopic (exact) mass is 328 g/mol. The zero-order valence-corrected chi connectivity index (χ0v) is 12.3. The molecule has 0 aliphatic carbocycles. The summed E-state index contributed by atoms with van der Waals surface area (Å²) in [4.78, 5) is 0. The predicted octanol–water partition coefficient (Wildman–Crippen LogP) is 1.74. The van der Waals surface area contributed by atoms with Crippen molar-refractivity contribution in [1.29, 1.82) is 0 Å². The van der Waals surface area contributed by atoms with Crippen LogP contribution in [-0.2, 0) is 37.7 Å². The molecule has 0 radical (unpaired) electrons. The minimum atomic E-state index is -0.379. The largest absolute Gasteiger partial charge is 0 e. The first-order valence-electron chi connectivity index (χ1n) is 5.17. The van der Waals surface area contributed by atoms with Crippen molar-refractivity contribution in [3.05, 3.63) is 56.2 Å². The number of rotatable bonds is 2. The van der Waals surface area contributed by atoms with Crippen LogP contribution in [0.15, 0.2) is 30.7 Å². The maximum absolute atomic E-state index is 9.29. The number of aliphatic hydroxyl groups excluding tert-OH is 1. The summed E-state index contributed by atoms with van der Waals surface area (Å²) in [5, 5.41) is 9.29. The van der Waals surface area contributed by atoms with Crippen LogP contribution >= 0.6 is 0 Å². The molecule has 0 saturated heterocycles. The molecule has 1 atom stereocenters. The molecule has 0 fully saturated rings. The third-order valence-corrected chi connectivity index (χ3v) is 2.01. The van der Waals surface area contributed by atoms with Gasteiger partial charge in [-0.05, 0) is 13.0 Å². The van der Waals surface area contributed by atoms with Crippen LogP contribution < -0.4 is 9.47 Å². The number of hydrogen-bond donors (Lipinski definition) is 1. The van der Waals surface area contributed by atoms with Crippen LogP contribution in [0.3, 0.4) is 0 Å². The first kappa shape index (κ1) is 24.3. The summed E-state index contributed by atoms with van der Waals surface area (Å²) in [6.07, 6.45) is 3.18. The SMILES string of the molecule is CC(O)Cc1cccc2c1OC=CO2.[C-]#[O+].[C-]#[O+].[C-]#[O+].[Cr]. The maximum atomic E-state index is 9.29. The molecule has 1 aromatic rings. The summed E-state index contributed by atoms with van der Waals surface area (Å²) in [6.45, 7) is 15.2. The zero-order valence-electron chi connectivity index (χ0n) is 11.1. The molecule has 2 rings (SSSR count). The molecule has 1 aliphatic rings. The molecule has 0 saturated carbocycles. The minimum Gasteiger partial charge on any atom is 0 e. The number of aliphatic hydroxyl groups is 1. The molecule has 1 N–H and O–H groups in total. The minimum absolute atomic E-state index is 0. The molecule has 7 heteroatoms. The summed E-state index contributed by atoms with van der Waals surface area (Å²) in [5.41, 5.74) is 0.960. The second-order valence-corrected chi connectivity index (χ2v) is 3.31. The fourth-order valence-electron chi connectivity index (χ4n) is 1.46. The summed E-state index contributed by atoms with van der Waals surface area (Å²) in [6, 6.07) is 5.65. The molecule has 1 aromatic carbocycles. The van der Waals surface area contributed by atoms with Crippen LogP contribution in [-0.4, -0.2) is 11.2 Å². The molecule has 0 spiro atoms. The molecule has 1 unspecified atom stereocenters. The van der Waals surface area contributed by atoms with Crippen molar-refractivity contribution >= 4 is 0 Å². The van der Waals surface area contributed by atoms with E-state index in [1.165, 1.54) is 12.5 Å². The van der Waals surface area contributed by atoms with Gasteiger partial charge in [0.05, 0.1) is 6.10 Å². The summed E-state index contributed by atoms with van der Waals surface area (Å²) in [5.74, 6) is 1.40.